The molecule has 0 unspecified atom stereocenters. The van der Waals surface area contributed by atoms with Crippen molar-refractivity contribution in [2.75, 3.05) is 19.0 Å². The summed E-state index contributed by atoms with van der Waals surface area (Å²) in [6.07, 6.45) is 0.825. The van der Waals surface area contributed by atoms with E-state index in [9.17, 15) is 14.0 Å². The minimum atomic E-state index is -0.491. The van der Waals surface area contributed by atoms with Gasteiger partial charge in [0.15, 0.2) is 0 Å². The second kappa shape index (κ2) is 9.15. The van der Waals surface area contributed by atoms with Crippen molar-refractivity contribution < 1.29 is 18.7 Å². The molecule has 0 fully saturated rings. The molecule has 0 saturated carbocycles. The van der Waals surface area contributed by atoms with Gasteiger partial charge in [-0.05, 0) is 31.0 Å². The molecule has 1 rings (SSSR count). The quantitative estimate of drug-likeness (QED) is 0.775. The van der Waals surface area contributed by atoms with Gasteiger partial charge in [0.2, 0.25) is 11.8 Å². The molecule has 6 heteroatoms. The fourth-order valence-corrected chi connectivity index (χ4v) is 1.89. The number of halogens is 1. The largest absolute Gasteiger partial charge is 0.380 e. The SMILES string of the molecule is CC[C@@H](CNC(=O)CCC(=O)Nc1cc(C)ccc1F)OC. The smallest absolute Gasteiger partial charge is 0.224 e. The molecule has 0 aliphatic carbocycles. The summed E-state index contributed by atoms with van der Waals surface area (Å²) in [5.41, 5.74) is 0.982. The number of nitrogens with one attached hydrogen (secondary N) is 2. The molecular formula is C16H23FN2O3. The van der Waals surface area contributed by atoms with Crippen LogP contribution < -0.4 is 10.6 Å². The number of amides is 2. The molecule has 122 valence electrons. The fourth-order valence-electron chi connectivity index (χ4n) is 1.89. The Morgan fingerprint density at radius 2 is 1.95 bits per heavy atom. The summed E-state index contributed by atoms with van der Waals surface area (Å²) in [6.45, 7) is 4.19. The van der Waals surface area contributed by atoms with Gasteiger partial charge in [-0.3, -0.25) is 9.59 Å². The fraction of sp³-hybridized carbons (Fsp3) is 0.500. The van der Waals surface area contributed by atoms with Crippen molar-refractivity contribution in [2.45, 2.75) is 39.2 Å². The number of benzene rings is 1. The van der Waals surface area contributed by atoms with Crippen LogP contribution in [-0.2, 0) is 14.3 Å². The molecule has 0 aliphatic heterocycles. The zero-order valence-electron chi connectivity index (χ0n) is 13.2. The van der Waals surface area contributed by atoms with Crippen molar-refractivity contribution in [3.8, 4) is 0 Å². The Morgan fingerprint density at radius 3 is 2.59 bits per heavy atom. The predicted molar refractivity (Wildman–Crippen MR) is 83.1 cm³/mol. The van der Waals surface area contributed by atoms with E-state index >= 15 is 0 Å². The summed E-state index contributed by atoms with van der Waals surface area (Å²) < 4.78 is 18.7. The Balaban J connectivity index is 2.36. The first-order valence-electron chi connectivity index (χ1n) is 7.31. The molecule has 0 saturated heterocycles. The Kier molecular flexibility index (Phi) is 7.52. The molecule has 0 bridgehead atoms. The Labute approximate surface area is 130 Å². The third-order valence-corrected chi connectivity index (χ3v) is 3.29. The van der Waals surface area contributed by atoms with Crippen LogP contribution in [0.5, 0.6) is 0 Å². The number of carbonyl (C=O) groups excluding carboxylic acids is 2. The second-order valence-electron chi connectivity index (χ2n) is 5.10. The van der Waals surface area contributed by atoms with E-state index < -0.39 is 11.7 Å². The van der Waals surface area contributed by atoms with Crippen LogP contribution in [0.3, 0.4) is 0 Å². The number of hydrogen-bond donors (Lipinski definition) is 2. The molecule has 0 spiro atoms. The number of anilines is 1. The van der Waals surface area contributed by atoms with E-state index in [0.29, 0.717) is 6.54 Å². The van der Waals surface area contributed by atoms with E-state index in [1.165, 1.54) is 6.07 Å². The lowest BCUT2D eigenvalue weighted by Gasteiger charge is -2.13. The Hall–Kier alpha value is -1.95. The van der Waals surface area contributed by atoms with E-state index in [4.69, 9.17) is 4.74 Å². The molecule has 0 radical (unpaired) electrons. The van der Waals surface area contributed by atoms with Crippen LogP contribution in [-0.4, -0.2) is 31.6 Å². The highest BCUT2D eigenvalue weighted by molar-refractivity contribution is 5.93. The minimum absolute atomic E-state index is 0.00297. The maximum atomic E-state index is 13.5. The van der Waals surface area contributed by atoms with E-state index in [0.717, 1.165) is 12.0 Å². The molecule has 0 aliphatic rings. The van der Waals surface area contributed by atoms with Gasteiger partial charge in [0.25, 0.3) is 0 Å². The van der Waals surface area contributed by atoms with Gasteiger partial charge in [-0.1, -0.05) is 13.0 Å². The Morgan fingerprint density at radius 1 is 1.27 bits per heavy atom. The molecule has 0 aromatic heterocycles. The molecule has 1 aromatic carbocycles. The standard InChI is InChI=1S/C16H23FN2O3/c1-4-12(22-3)10-18-15(20)7-8-16(21)19-14-9-11(2)5-6-13(14)17/h5-6,9,12H,4,7-8,10H2,1-3H3,(H,18,20)(H,19,21)/t12-/m0/s1. The number of methoxy groups -OCH3 is 1. The summed E-state index contributed by atoms with van der Waals surface area (Å²) in [4.78, 5) is 23.4. The minimum Gasteiger partial charge on any atom is -0.380 e. The summed E-state index contributed by atoms with van der Waals surface area (Å²) >= 11 is 0. The van der Waals surface area contributed by atoms with Gasteiger partial charge in [0, 0.05) is 26.5 Å². The number of carbonyl (C=O) groups is 2. The molecule has 1 atom stereocenters. The first-order valence-corrected chi connectivity index (χ1v) is 7.31. The van der Waals surface area contributed by atoms with Crippen LogP contribution in [0.15, 0.2) is 18.2 Å². The van der Waals surface area contributed by atoms with Crippen molar-refractivity contribution in [1.82, 2.24) is 5.32 Å². The van der Waals surface area contributed by atoms with E-state index in [1.54, 1.807) is 19.2 Å². The van der Waals surface area contributed by atoms with Crippen LogP contribution in [0.1, 0.15) is 31.7 Å². The molecular weight excluding hydrogens is 287 g/mol. The normalized spacial score (nSPS) is 11.8. The van der Waals surface area contributed by atoms with Crippen molar-refractivity contribution in [1.29, 1.82) is 0 Å². The van der Waals surface area contributed by atoms with Gasteiger partial charge in [-0.2, -0.15) is 0 Å². The van der Waals surface area contributed by atoms with Gasteiger partial charge in [-0.25, -0.2) is 4.39 Å². The highest BCUT2D eigenvalue weighted by Gasteiger charge is 2.11. The van der Waals surface area contributed by atoms with Crippen LogP contribution in [0.4, 0.5) is 10.1 Å². The highest BCUT2D eigenvalue weighted by atomic mass is 19.1. The number of ether oxygens (including phenoxy) is 1. The summed E-state index contributed by atoms with van der Waals surface area (Å²) in [5, 5.41) is 5.18. The van der Waals surface area contributed by atoms with Crippen molar-refractivity contribution in [2.24, 2.45) is 0 Å². The maximum Gasteiger partial charge on any atom is 0.224 e. The van der Waals surface area contributed by atoms with Crippen molar-refractivity contribution in [3.05, 3.63) is 29.6 Å². The lowest BCUT2D eigenvalue weighted by Crippen LogP contribution is -2.33. The van der Waals surface area contributed by atoms with Crippen molar-refractivity contribution in [3.63, 3.8) is 0 Å². The highest BCUT2D eigenvalue weighted by Crippen LogP contribution is 2.15. The average molecular weight is 310 g/mol. The van der Waals surface area contributed by atoms with Gasteiger partial charge in [0.05, 0.1) is 11.8 Å². The zero-order chi connectivity index (χ0) is 16.5. The van der Waals surface area contributed by atoms with E-state index in [2.05, 4.69) is 10.6 Å². The number of aryl methyl sites for hydroxylation is 1. The third kappa shape index (κ3) is 6.22. The lowest BCUT2D eigenvalue weighted by atomic mass is 10.2. The molecule has 22 heavy (non-hydrogen) atoms. The monoisotopic (exact) mass is 310 g/mol. The molecule has 2 amide bonds. The summed E-state index contributed by atoms with van der Waals surface area (Å²) in [7, 11) is 1.59. The van der Waals surface area contributed by atoms with Gasteiger partial charge in [0.1, 0.15) is 5.82 Å². The third-order valence-electron chi connectivity index (χ3n) is 3.29. The average Bonchev–Trinajstić information content (AvgIpc) is 2.50. The molecule has 2 N–H and O–H groups in total. The van der Waals surface area contributed by atoms with E-state index in [-0.39, 0.29) is 30.5 Å². The summed E-state index contributed by atoms with van der Waals surface area (Å²) in [5.74, 6) is -1.11. The summed E-state index contributed by atoms with van der Waals surface area (Å²) in [6, 6.07) is 4.48. The van der Waals surface area contributed by atoms with Crippen molar-refractivity contribution >= 4 is 17.5 Å². The Bertz CT molecular complexity index is 516. The van der Waals surface area contributed by atoms with Crippen LogP contribution in [0.2, 0.25) is 0 Å². The predicted octanol–water partition coefficient (Wildman–Crippen LogP) is 2.39. The zero-order valence-corrected chi connectivity index (χ0v) is 13.2. The maximum absolute atomic E-state index is 13.5. The molecule has 1 aromatic rings. The first-order chi connectivity index (χ1) is 10.5. The number of rotatable bonds is 8. The lowest BCUT2D eigenvalue weighted by molar-refractivity contribution is -0.124. The second-order valence-corrected chi connectivity index (χ2v) is 5.10. The molecule has 0 heterocycles. The number of hydrogen-bond acceptors (Lipinski definition) is 3. The van der Waals surface area contributed by atoms with E-state index in [1.807, 2.05) is 13.8 Å². The van der Waals surface area contributed by atoms with Crippen LogP contribution >= 0.6 is 0 Å². The van der Waals surface area contributed by atoms with Gasteiger partial charge < -0.3 is 15.4 Å². The molecule has 5 nitrogen and oxygen atoms in total. The van der Waals surface area contributed by atoms with Gasteiger partial charge >= 0.3 is 0 Å². The van der Waals surface area contributed by atoms with Crippen LogP contribution in [0.25, 0.3) is 0 Å². The van der Waals surface area contributed by atoms with Crippen LogP contribution in [0, 0.1) is 12.7 Å². The topological polar surface area (TPSA) is 67.4 Å². The first kappa shape index (κ1) is 18.1. The van der Waals surface area contributed by atoms with Gasteiger partial charge in [-0.15, -0.1) is 0 Å².